The Kier molecular flexibility index (Phi) is 5.09. The molecule has 100 valence electrons. The minimum absolute atomic E-state index is 0.0421. The van der Waals surface area contributed by atoms with Crippen molar-refractivity contribution in [3.05, 3.63) is 29.6 Å². The molecule has 1 unspecified atom stereocenters. The maximum Gasteiger partial charge on any atom is 0.251 e. The Labute approximate surface area is 107 Å². The van der Waals surface area contributed by atoms with E-state index in [1.54, 1.807) is 0 Å². The van der Waals surface area contributed by atoms with Gasteiger partial charge in [0.05, 0.1) is 5.69 Å². The SMILES string of the molecule is CC(CCN(C)C)NC(=O)c1ccc(N)c(F)c1. The van der Waals surface area contributed by atoms with Crippen molar-refractivity contribution in [2.75, 3.05) is 26.4 Å². The molecule has 0 heterocycles. The predicted octanol–water partition coefficient (Wildman–Crippen LogP) is 1.48. The Balaban J connectivity index is 2.56. The van der Waals surface area contributed by atoms with E-state index in [9.17, 15) is 9.18 Å². The number of carbonyl (C=O) groups excluding carboxylic acids is 1. The van der Waals surface area contributed by atoms with Crippen molar-refractivity contribution in [2.45, 2.75) is 19.4 Å². The Bertz CT molecular complexity index is 421. The highest BCUT2D eigenvalue weighted by molar-refractivity contribution is 5.94. The first-order chi connectivity index (χ1) is 8.40. The minimum atomic E-state index is -0.566. The fourth-order valence-corrected chi connectivity index (χ4v) is 1.50. The molecule has 0 aromatic heterocycles. The zero-order chi connectivity index (χ0) is 13.7. The summed E-state index contributed by atoms with van der Waals surface area (Å²) in [6.45, 7) is 2.81. The summed E-state index contributed by atoms with van der Waals surface area (Å²) in [7, 11) is 3.95. The molecule has 0 aliphatic carbocycles. The van der Waals surface area contributed by atoms with Crippen LogP contribution in [-0.4, -0.2) is 37.5 Å². The van der Waals surface area contributed by atoms with Crippen LogP contribution >= 0.6 is 0 Å². The normalized spacial score (nSPS) is 12.5. The van der Waals surface area contributed by atoms with Gasteiger partial charge in [0, 0.05) is 11.6 Å². The van der Waals surface area contributed by atoms with Crippen LogP contribution in [0.3, 0.4) is 0 Å². The summed E-state index contributed by atoms with van der Waals surface area (Å²) in [4.78, 5) is 13.9. The molecular formula is C13H20FN3O. The molecule has 1 aromatic rings. The lowest BCUT2D eigenvalue weighted by Crippen LogP contribution is -2.34. The summed E-state index contributed by atoms with van der Waals surface area (Å²) < 4.78 is 13.2. The maximum atomic E-state index is 13.2. The number of nitrogens with two attached hydrogens (primary N) is 1. The summed E-state index contributed by atoms with van der Waals surface area (Å²) >= 11 is 0. The first kappa shape index (κ1) is 14.4. The fraction of sp³-hybridized carbons (Fsp3) is 0.462. The molecule has 0 aliphatic rings. The van der Waals surface area contributed by atoms with Gasteiger partial charge in [-0.25, -0.2) is 4.39 Å². The van der Waals surface area contributed by atoms with E-state index in [0.29, 0.717) is 5.56 Å². The number of halogens is 1. The number of amides is 1. The molecule has 0 radical (unpaired) electrons. The average molecular weight is 253 g/mol. The Hall–Kier alpha value is -1.62. The molecule has 1 atom stereocenters. The second kappa shape index (κ2) is 6.35. The van der Waals surface area contributed by atoms with Crippen LogP contribution in [0.5, 0.6) is 0 Å². The van der Waals surface area contributed by atoms with Gasteiger partial charge < -0.3 is 16.0 Å². The van der Waals surface area contributed by atoms with E-state index in [1.807, 2.05) is 25.9 Å². The third-order valence-electron chi connectivity index (χ3n) is 2.65. The lowest BCUT2D eigenvalue weighted by atomic mass is 10.1. The molecule has 18 heavy (non-hydrogen) atoms. The lowest BCUT2D eigenvalue weighted by molar-refractivity contribution is 0.0936. The van der Waals surface area contributed by atoms with Gasteiger partial charge in [0.1, 0.15) is 5.82 Å². The van der Waals surface area contributed by atoms with Gasteiger partial charge in [0.2, 0.25) is 0 Å². The Morgan fingerprint density at radius 1 is 1.50 bits per heavy atom. The predicted molar refractivity (Wildman–Crippen MR) is 70.9 cm³/mol. The van der Waals surface area contributed by atoms with Gasteiger partial charge >= 0.3 is 0 Å². The molecule has 1 rings (SSSR count). The standard InChI is InChI=1S/C13H20FN3O/c1-9(6-7-17(2)3)16-13(18)10-4-5-12(15)11(14)8-10/h4-5,8-9H,6-7,15H2,1-3H3,(H,16,18). The molecule has 1 amide bonds. The van der Waals surface area contributed by atoms with E-state index < -0.39 is 5.82 Å². The highest BCUT2D eigenvalue weighted by Crippen LogP contribution is 2.12. The van der Waals surface area contributed by atoms with Crippen molar-refractivity contribution in [3.63, 3.8) is 0 Å². The largest absolute Gasteiger partial charge is 0.396 e. The van der Waals surface area contributed by atoms with Crippen LogP contribution in [0.1, 0.15) is 23.7 Å². The third-order valence-corrected chi connectivity index (χ3v) is 2.65. The van der Waals surface area contributed by atoms with Crippen molar-refractivity contribution in [1.82, 2.24) is 10.2 Å². The van der Waals surface area contributed by atoms with Gasteiger partial charge in [0.25, 0.3) is 5.91 Å². The molecule has 0 bridgehead atoms. The van der Waals surface area contributed by atoms with Crippen molar-refractivity contribution < 1.29 is 9.18 Å². The summed E-state index contributed by atoms with van der Waals surface area (Å²) in [6.07, 6.45) is 0.843. The van der Waals surface area contributed by atoms with Crippen LogP contribution in [0, 0.1) is 5.82 Å². The van der Waals surface area contributed by atoms with E-state index >= 15 is 0 Å². The summed E-state index contributed by atoms with van der Waals surface area (Å²) in [6, 6.07) is 4.12. The number of carbonyl (C=O) groups is 1. The number of nitrogens with zero attached hydrogens (tertiary/aromatic N) is 1. The van der Waals surface area contributed by atoms with Gasteiger partial charge in [-0.05, 0) is 52.2 Å². The summed E-state index contributed by atoms with van der Waals surface area (Å²) in [5.41, 5.74) is 5.70. The lowest BCUT2D eigenvalue weighted by Gasteiger charge is -2.16. The Morgan fingerprint density at radius 2 is 2.17 bits per heavy atom. The molecule has 0 saturated heterocycles. The van der Waals surface area contributed by atoms with Crippen LogP contribution < -0.4 is 11.1 Å². The van der Waals surface area contributed by atoms with Gasteiger partial charge in [-0.15, -0.1) is 0 Å². The molecule has 1 aromatic carbocycles. The van der Waals surface area contributed by atoms with E-state index in [0.717, 1.165) is 19.0 Å². The zero-order valence-corrected chi connectivity index (χ0v) is 11.0. The molecule has 3 N–H and O–H groups in total. The fourth-order valence-electron chi connectivity index (χ4n) is 1.50. The molecule has 5 heteroatoms. The van der Waals surface area contributed by atoms with E-state index in [2.05, 4.69) is 5.32 Å². The number of benzene rings is 1. The quantitative estimate of drug-likeness (QED) is 0.781. The number of nitrogen functional groups attached to an aromatic ring is 1. The highest BCUT2D eigenvalue weighted by Gasteiger charge is 2.11. The van der Waals surface area contributed by atoms with Gasteiger partial charge in [-0.1, -0.05) is 0 Å². The molecule has 0 spiro atoms. The van der Waals surface area contributed by atoms with Crippen LogP contribution in [0.25, 0.3) is 0 Å². The first-order valence-electron chi connectivity index (χ1n) is 5.90. The van der Waals surface area contributed by atoms with Crippen molar-refractivity contribution in [1.29, 1.82) is 0 Å². The number of nitrogens with one attached hydrogen (secondary N) is 1. The Morgan fingerprint density at radius 3 is 2.72 bits per heavy atom. The maximum absolute atomic E-state index is 13.2. The van der Waals surface area contributed by atoms with Crippen molar-refractivity contribution in [3.8, 4) is 0 Å². The number of hydrogen-bond acceptors (Lipinski definition) is 3. The minimum Gasteiger partial charge on any atom is -0.396 e. The van der Waals surface area contributed by atoms with Crippen molar-refractivity contribution >= 4 is 11.6 Å². The smallest absolute Gasteiger partial charge is 0.251 e. The van der Waals surface area contributed by atoms with Crippen LogP contribution in [0.2, 0.25) is 0 Å². The third kappa shape index (κ3) is 4.33. The second-order valence-corrected chi connectivity index (χ2v) is 4.70. The van der Waals surface area contributed by atoms with Crippen molar-refractivity contribution in [2.24, 2.45) is 0 Å². The summed E-state index contributed by atoms with van der Waals surface area (Å²) in [5, 5.41) is 2.83. The van der Waals surface area contributed by atoms with Gasteiger partial charge in [-0.3, -0.25) is 4.79 Å². The average Bonchev–Trinajstić information content (AvgIpc) is 2.30. The van der Waals surface area contributed by atoms with E-state index in [-0.39, 0.29) is 17.6 Å². The van der Waals surface area contributed by atoms with Crippen LogP contribution in [0.15, 0.2) is 18.2 Å². The molecule has 0 fully saturated rings. The van der Waals surface area contributed by atoms with E-state index in [4.69, 9.17) is 5.73 Å². The van der Waals surface area contributed by atoms with Gasteiger partial charge in [-0.2, -0.15) is 0 Å². The molecular weight excluding hydrogens is 233 g/mol. The van der Waals surface area contributed by atoms with E-state index in [1.165, 1.54) is 12.1 Å². The van der Waals surface area contributed by atoms with Crippen LogP contribution in [-0.2, 0) is 0 Å². The number of rotatable bonds is 5. The molecule has 4 nitrogen and oxygen atoms in total. The molecule has 0 aliphatic heterocycles. The first-order valence-corrected chi connectivity index (χ1v) is 5.90. The van der Waals surface area contributed by atoms with Gasteiger partial charge in [0.15, 0.2) is 0 Å². The highest BCUT2D eigenvalue weighted by atomic mass is 19.1. The molecule has 0 saturated carbocycles. The second-order valence-electron chi connectivity index (χ2n) is 4.70. The summed E-state index contributed by atoms with van der Waals surface area (Å²) in [5.74, 6) is -0.844. The monoisotopic (exact) mass is 253 g/mol. The topological polar surface area (TPSA) is 58.4 Å². The number of hydrogen-bond donors (Lipinski definition) is 2. The zero-order valence-electron chi connectivity index (χ0n) is 11.0. The number of anilines is 1. The van der Waals surface area contributed by atoms with Crippen LogP contribution in [0.4, 0.5) is 10.1 Å².